The highest BCUT2D eigenvalue weighted by molar-refractivity contribution is 6.05. The first kappa shape index (κ1) is 15.2. The molecule has 2 aromatic rings. The van der Waals surface area contributed by atoms with Gasteiger partial charge in [0.1, 0.15) is 5.69 Å². The number of amides is 1. The fourth-order valence-corrected chi connectivity index (χ4v) is 2.52. The number of aryl methyl sites for hydroxylation is 2. The first-order chi connectivity index (χ1) is 10.1. The van der Waals surface area contributed by atoms with Crippen LogP contribution in [-0.4, -0.2) is 17.0 Å². The van der Waals surface area contributed by atoms with Gasteiger partial charge in [-0.3, -0.25) is 4.79 Å². The van der Waals surface area contributed by atoms with Crippen LogP contribution in [0.5, 0.6) is 0 Å². The number of carbonyl (C=O) groups is 1. The molecule has 0 aliphatic rings. The minimum Gasteiger partial charge on any atom is -0.397 e. The third kappa shape index (κ3) is 3.27. The standard InChI is InChI=1S/C17H23N3O/c1-4-9-19-12-14(18)11-16(19)17(21)20(5-2)15-8-6-7-13(3)10-15/h6-8,10-12H,4-5,9,18H2,1-3H3. The molecule has 2 N–H and O–H groups in total. The number of benzene rings is 1. The van der Waals surface area contributed by atoms with Gasteiger partial charge in [-0.1, -0.05) is 19.1 Å². The molecule has 0 saturated carbocycles. The zero-order valence-corrected chi connectivity index (χ0v) is 13.0. The van der Waals surface area contributed by atoms with Crippen molar-refractivity contribution in [1.82, 2.24) is 4.57 Å². The van der Waals surface area contributed by atoms with Crippen LogP contribution in [0.15, 0.2) is 36.5 Å². The molecule has 0 unspecified atom stereocenters. The third-order valence-electron chi connectivity index (χ3n) is 3.48. The summed E-state index contributed by atoms with van der Waals surface area (Å²) in [5.41, 5.74) is 9.21. The van der Waals surface area contributed by atoms with Gasteiger partial charge in [-0.05, 0) is 44.0 Å². The number of carbonyl (C=O) groups excluding carboxylic acids is 1. The van der Waals surface area contributed by atoms with Crippen molar-refractivity contribution in [3.8, 4) is 0 Å². The Labute approximate surface area is 126 Å². The predicted octanol–water partition coefficient (Wildman–Crippen LogP) is 3.46. The van der Waals surface area contributed by atoms with E-state index < -0.39 is 0 Å². The van der Waals surface area contributed by atoms with Crippen LogP contribution < -0.4 is 10.6 Å². The molecule has 1 aromatic heterocycles. The van der Waals surface area contributed by atoms with Crippen molar-refractivity contribution in [2.45, 2.75) is 33.7 Å². The number of rotatable bonds is 5. The second-order valence-corrected chi connectivity index (χ2v) is 5.24. The van der Waals surface area contributed by atoms with Gasteiger partial charge in [-0.2, -0.15) is 0 Å². The Kier molecular flexibility index (Phi) is 4.68. The molecule has 1 heterocycles. The predicted molar refractivity (Wildman–Crippen MR) is 87.7 cm³/mol. The van der Waals surface area contributed by atoms with Crippen LogP contribution in [-0.2, 0) is 6.54 Å². The largest absolute Gasteiger partial charge is 0.397 e. The highest BCUT2D eigenvalue weighted by atomic mass is 16.2. The van der Waals surface area contributed by atoms with E-state index in [0.29, 0.717) is 17.9 Å². The van der Waals surface area contributed by atoms with Gasteiger partial charge < -0.3 is 15.2 Å². The molecule has 0 bridgehead atoms. The van der Waals surface area contributed by atoms with Gasteiger partial charge in [0, 0.05) is 25.0 Å². The maximum atomic E-state index is 12.8. The normalized spacial score (nSPS) is 10.6. The molecule has 2 rings (SSSR count). The van der Waals surface area contributed by atoms with Gasteiger partial charge in [0.05, 0.1) is 5.69 Å². The number of nitrogen functional groups attached to an aromatic ring is 1. The van der Waals surface area contributed by atoms with Crippen LogP contribution in [0.4, 0.5) is 11.4 Å². The molecule has 0 radical (unpaired) electrons. The molecule has 112 valence electrons. The molecule has 1 aromatic carbocycles. The van der Waals surface area contributed by atoms with Crippen LogP contribution in [0.25, 0.3) is 0 Å². The molecule has 4 heteroatoms. The van der Waals surface area contributed by atoms with E-state index in [2.05, 4.69) is 6.92 Å². The van der Waals surface area contributed by atoms with Gasteiger partial charge in [-0.25, -0.2) is 0 Å². The van der Waals surface area contributed by atoms with Crippen LogP contribution in [0.2, 0.25) is 0 Å². The summed E-state index contributed by atoms with van der Waals surface area (Å²) in [6.45, 7) is 7.52. The van der Waals surface area contributed by atoms with Crippen LogP contribution in [0.1, 0.15) is 36.3 Å². The van der Waals surface area contributed by atoms with Gasteiger partial charge in [0.25, 0.3) is 5.91 Å². The topological polar surface area (TPSA) is 51.3 Å². The van der Waals surface area contributed by atoms with Crippen molar-refractivity contribution >= 4 is 17.3 Å². The highest BCUT2D eigenvalue weighted by Gasteiger charge is 2.20. The van der Waals surface area contributed by atoms with Crippen LogP contribution >= 0.6 is 0 Å². The maximum absolute atomic E-state index is 12.8. The summed E-state index contributed by atoms with van der Waals surface area (Å²) in [6.07, 6.45) is 2.80. The average molecular weight is 285 g/mol. The number of hydrogen-bond donors (Lipinski definition) is 1. The summed E-state index contributed by atoms with van der Waals surface area (Å²) in [4.78, 5) is 14.6. The van der Waals surface area contributed by atoms with Gasteiger partial charge >= 0.3 is 0 Å². The number of aromatic nitrogens is 1. The summed E-state index contributed by atoms with van der Waals surface area (Å²) < 4.78 is 1.94. The number of nitrogens with two attached hydrogens (primary N) is 1. The molecular formula is C17H23N3O. The minimum absolute atomic E-state index is 0.00625. The molecule has 0 saturated heterocycles. The fourth-order valence-electron chi connectivity index (χ4n) is 2.52. The Bertz CT molecular complexity index is 631. The van der Waals surface area contributed by atoms with E-state index in [9.17, 15) is 4.79 Å². The molecular weight excluding hydrogens is 262 g/mol. The molecule has 0 aliphatic carbocycles. The van der Waals surface area contributed by atoms with E-state index in [1.165, 1.54) is 0 Å². The Morgan fingerprint density at radius 3 is 2.67 bits per heavy atom. The average Bonchev–Trinajstić information content (AvgIpc) is 2.81. The fraction of sp³-hybridized carbons (Fsp3) is 0.353. The minimum atomic E-state index is -0.00625. The lowest BCUT2D eigenvalue weighted by Gasteiger charge is -2.22. The van der Waals surface area contributed by atoms with Crippen molar-refractivity contribution in [1.29, 1.82) is 0 Å². The molecule has 0 spiro atoms. The van der Waals surface area contributed by atoms with Gasteiger partial charge in [0.15, 0.2) is 0 Å². The smallest absolute Gasteiger partial charge is 0.274 e. The zero-order chi connectivity index (χ0) is 15.4. The van der Waals surface area contributed by atoms with Gasteiger partial charge in [-0.15, -0.1) is 0 Å². The SMILES string of the molecule is CCCn1cc(N)cc1C(=O)N(CC)c1cccc(C)c1. The summed E-state index contributed by atoms with van der Waals surface area (Å²) in [5, 5.41) is 0. The lowest BCUT2D eigenvalue weighted by molar-refractivity contribution is 0.0979. The number of hydrogen-bond acceptors (Lipinski definition) is 2. The Balaban J connectivity index is 2.36. The maximum Gasteiger partial charge on any atom is 0.274 e. The second kappa shape index (κ2) is 6.48. The van der Waals surface area contributed by atoms with Gasteiger partial charge in [0.2, 0.25) is 0 Å². The lowest BCUT2D eigenvalue weighted by Crippen LogP contribution is -2.32. The molecule has 0 atom stereocenters. The monoisotopic (exact) mass is 285 g/mol. The van der Waals surface area contributed by atoms with E-state index >= 15 is 0 Å². The van der Waals surface area contributed by atoms with Crippen molar-refractivity contribution in [3.63, 3.8) is 0 Å². The summed E-state index contributed by atoms with van der Waals surface area (Å²) in [6, 6.07) is 9.75. The summed E-state index contributed by atoms with van der Waals surface area (Å²) in [7, 11) is 0. The van der Waals surface area contributed by atoms with Crippen molar-refractivity contribution < 1.29 is 4.79 Å². The number of nitrogens with zero attached hydrogens (tertiary/aromatic N) is 2. The lowest BCUT2D eigenvalue weighted by atomic mass is 10.2. The quantitative estimate of drug-likeness (QED) is 0.914. The van der Waals surface area contributed by atoms with Crippen LogP contribution in [0, 0.1) is 6.92 Å². The highest BCUT2D eigenvalue weighted by Crippen LogP contribution is 2.20. The van der Waals surface area contributed by atoms with E-state index in [1.807, 2.05) is 48.9 Å². The molecule has 0 aliphatic heterocycles. The number of anilines is 2. The van der Waals surface area contributed by atoms with Crippen molar-refractivity contribution in [2.24, 2.45) is 0 Å². The molecule has 21 heavy (non-hydrogen) atoms. The van der Waals surface area contributed by atoms with E-state index in [4.69, 9.17) is 5.73 Å². The van der Waals surface area contributed by atoms with E-state index in [1.54, 1.807) is 11.0 Å². The van der Waals surface area contributed by atoms with Crippen molar-refractivity contribution in [2.75, 3.05) is 17.2 Å². The van der Waals surface area contributed by atoms with E-state index in [0.717, 1.165) is 24.2 Å². The Morgan fingerprint density at radius 2 is 2.05 bits per heavy atom. The molecule has 1 amide bonds. The Hall–Kier alpha value is -2.23. The van der Waals surface area contributed by atoms with E-state index in [-0.39, 0.29) is 5.91 Å². The first-order valence-electron chi connectivity index (χ1n) is 7.41. The third-order valence-corrected chi connectivity index (χ3v) is 3.48. The Morgan fingerprint density at radius 1 is 1.29 bits per heavy atom. The zero-order valence-electron chi connectivity index (χ0n) is 13.0. The second-order valence-electron chi connectivity index (χ2n) is 5.24. The summed E-state index contributed by atoms with van der Waals surface area (Å²) in [5.74, 6) is -0.00625. The van der Waals surface area contributed by atoms with Crippen molar-refractivity contribution in [3.05, 3.63) is 47.8 Å². The first-order valence-corrected chi connectivity index (χ1v) is 7.41. The molecule has 0 fully saturated rings. The summed E-state index contributed by atoms with van der Waals surface area (Å²) >= 11 is 0. The molecule has 4 nitrogen and oxygen atoms in total. The van der Waals surface area contributed by atoms with Crippen LogP contribution in [0.3, 0.4) is 0 Å².